The van der Waals surface area contributed by atoms with Crippen LogP contribution in [0.15, 0.2) is 40.9 Å². The smallest absolute Gasteiger partial charge is 0.417 e. The summed E-state index contributed by atoms with van der Waals surface area (Å²) in [4.78, 5) is 39.8. The molecule has 0 aliphatic carbocycles. The Morgan fingerprint density at radius 2 is 1.65 bits per heavy atom. The highest BCUT2D eigenvalue weighted by molar-refractivity contribution is 9.11. The predicted octanol–water partition coefficient (Wildman–Crippen LogP) is 5.17. The molecule has 1 fully saturated rings. The van der Waals surface area contributed by atoms with Crippen LogP contribution in [0.1, 0.15) is 83.3 Å². The lowest BCUT2D eigenvalue weighted by Crippen LogP contribution is -2.51. The fourth-order valence-electron chi connectivity index (χ4n) is 4.90. The maximum absolute atomic E-state index is 13.4. The molecular formula is C28H38BrNO7. The normalized spacial score (nSPS) is 26.7. The van der Waals surface area contributed by atoms with Crippen molar-refractivity contribution in [3.63, 3.8) is 0 Å². The van der Waals surface area contributed by atoms with Gasteiger partial charge in [-0.2, -0.15) is 0 Å². The molecule has 0 spiro atoms. The maximum atomic E-state index is 13.4. The van der Waals surface area contributed by atoms with Crippen LogP contribution in [-0.2, 0) is 19.1 Å². The predicted molar refractivity (Wildman–Crippen MR) is 142 cm³/mol. The molecule has 0 bridgehead atoms. The van der Waals surface area contributed by atoms with Gasteiger partial charge in [0.1, 0.15) is 12.2 Å². The van der Waals surface area contributed by atoms with Crippen LogP contribution in [0.5, 0.6) is 0 Å². The molecule has 0 aromatic heterocycles. The number of benzene rings is 1. The van der Waals surface area contributed by atoms with E-state index in [0.717, 1.165) is 55.4 Å². The third kappa shape index (κ3) is 7.28. The average molecular weight is 581 g/mol. The van der Waals surface area contributed by atoms with Crippen molar-refractivity contribution in [2.75, 3.05) is 6.61 Å². The van der Waals surface area contributed by atoms with Crippen molar-refractivity contribution in [3.8, 4) is 0 Å². The summed E-state index contributed by atoms with van der Waals surface area (Å²) in [6.07, 6.45) is 6.76. The third-order valence-electron chi connectivity index (χ3n) is 7.15. The Hall–Kier alpha value is -2.07. The first-order chi connectivity index (χ1) is 17.7. The molecule has 204 valence electrons. The van der Waals surface area contributed by atoms with Crippen molar-refractivity contribution in [2.24, 2.45) is 5.92 Å². The van der Waals surface area contributed by atoms with Gasteiger partial charge in [0.05, 0.1) is 16.4 Å². The SMILES string of the molecule is C[C@@H]1[C@H](c2ccccc2)OC(=O)N1C(=O)[C@H](C)[C@@H]1O[C@@](O)(CCCCCCCCCCO)C(Br)=CC1=O. The van der Waals surface area contributed by atoms with E-state index >= 15 is 0 Å². The van der Waals surface area contributed by atoms with Gasteiger partial charge in [-0.15, -0.1) is 0 Å². The van der Waals surface area contributed by atoms with Crippen LogP contribution >= 0.6 is 15.9 Å². The Balaban J connectivity index is 1.57. The number of hydrogen-bond acceptors (Lipinski definition) is 7. The maximum Gasteiger partial charge on any atom is 0.417 e. The van der Waals surface area contributed by atoms with Gasteiger partial charge in [-0.3, -0.25) is 9.59 Å². The largest absolute Gasteiger partial charge is 0.439 e. The van der Waals surface area contributed by atoms with Crippen LogP contribution in [0.3, 0.4) is 0 Å². The van der Waals surface area contributed by atoms with E-state index in [1.54, 1.807) is 6.92 Å². The fourth-order valence-corrected chi connectivity index (χ4v) is 5.42. The molecule has 2 N–H and O–H groups in total. The van der Waals surface area contributed by atoms with Crippen LogP contribution in [-0.4, -0.2) is 57.4 Å². The first-order valence-corrected chi connectivity index (χ1v) is 14.0. The summed E-state index contributed by atoms with van der Waals surface area (Å²) in [6.45, 7) is 3.51. The van der Waals surface area contributed by atoms with Gasteiger partial charge in [0, 0.05) is 13.0 Å². The van der Waals surface area contributed by atoms with E-state index < -0.39 is 47.7 Å². The van der Waals surface area contributed by atoms with Crippen molar-refractivity contribution in [2.45, 2.75) is 95.7 Å². The summed E-state index contributed by atoms with van der Waals surface area (Å²) in [5.41, 5.74) is 0.780. The average Bonchev–Trinajstić information content (AvgIpc) is 3.18. The number of ether oxygens (including phenoxy) is 2. The lowest BCUT2D eigenvalue weighted by Gasteiger charge is -2.37. The minimum Gasteiger partial charge on any atom is -0.439 e. The van der Waals surface area contributed by atoms with Gasteiger partial charge < -0.3 is 19.7 Å². The Morgan fingerprint density at radius 3 is 2.27 bits per heavy atom. The van der Waals surface area contributed by atoms with Crippen molar-refractivity contribution in [1.82, 2.24) is 4.90 Å². The standard InChI is InChI=1S/C28H38BrNO7/c1-19(26(33)30-20(2)25(36-27(30)34)21-14-10-9-11-15-21)24-22(32)18-23(29)28(35,37-24)16-12-7-5-3-4-6-8-13-17-31/h9-11,14-15,18-20,24-25,31,35H,3-8,12-13,16-17H2,1-2H3/t19-,20-,24+,25-,28+/m1/s1. The lowest BCUT2D eigenvalue weighted by molar-refractivity contribution is -0.217. The van der Waals surface area contributed by atoms with E-state index in [0.29, 0.717) is 6.42 Å². The molecule has 8 nitrogen and oxygen atoms in total. The molecule has 1 aromatic rings. The molecule has 2 aliphatic heterocycles. The molecule has 1 aromatic carbocycles. The lowest BCUT2D eigenvalue weighted by atomic mass is 9.93. The van der Waals surface area contributed by atoms with Crippen LogP contribution in [0, 0.1) is 5.92 Å². The zero-order chi connectivity index (χ0) is 27.0. The van der Waals surface area contributed by atoms with Crippen molar-refractivity contribution >= 4 is 33.7 Å². The number of carbonyl (C=O) groups is 3. The Bertz CT molecular complexity index is 969. The van der Waals surface area contributed by atoms with E-state index in [9.17, 15) is 19.5 Å². The van der Waals surface area contributed by atoms with Gasteiger partial charge in [-0.25, -0.2) is 9.69 Å². The first-order valence-electron chi connectivity index (χ1n) is 13.2. The number of unbranched alkanes of at least 4 members (excludes halogenated alkanes) is 7. The number of hydrogen-bond donors (Lipinski definition) is 2. The van der Waals surface area contributed by atoms with Crippen molar-refractivity contribution < 1.29 is 34.1 Å². The summed E-state index contributed by atoms with van der Waals surface area (Å²) in [6, 6.07) is 8.63. The molecule has 5 atom stereocenters. The highest BCUT2D eigenvalue weighted by Crippen LogP contribution is 2.38. The van der Waals surface area contributed by atoms with Crippen LogP contribution in [0.4, 0.5) is 4.79 Å². The highest BCUT2D eigenvalue weighted by Gasteiger charge is 2.49. The van der Waals surface area contributed by atoms with Crippen molar-refractivity contribution in [1.29, 1.82) is 0 Å². The number of amides is 2. The Labute approximate surface area is 227 Å². The molecule has 2 heterocycles. The second-order valence-electron chi connectivity index (χ2n) is 9.97. The number of aliphatic hydroxyl groups is 2. The van der Waals surface area contributed by atoms with E-state index in [1.165, 1.54) is 13.0 Å². The van der Waals surface area contributed by atoms with E-state index in [4.69, 9.17) is 14.6 Å². The summed E-state index contributed by atoms with van der Waals surface area (Å²) in [5, 5.41) is 20.0. The first kappa shape index (κ1) is 29.5. The molecule has 2 amide bonds. The molecular weight excluding hydrogens is 542 g/mol. The van der Waals surface area contributed by atoms with E-state index in [-0.39, 0.29) is 17.5 Å². The monoisotopic (exact) mass is 579 g/mol. The molecule has 1 saturated heterocycles. The van der Waals surface area contributed by atoms with Crippen LogP contribution in [0.2, 0.25) is 0 Å². The molecule has 0 unspecified atom stereocenters. The highest BCUT2D eigenvalue weighted by atomic mass is 79.9. The number of carbonyl (C=O) groups excluding carboxylic acids is 3. The quantitative estimate of drug-likeness (QED) is 0.310. The van der Waals surface area contributed by atoms with Crippen molar-refractivity contribution in [3.05, 3.63) is 46.5 Å². The number of cyclic esters (lactones) is 1. The fraction of sp³-hybridized carbons (Fsp3) is 0.607. The second kappa shape index (κ2) is 13.6. The topological polar surface area (TPSA) is 113 Å². The summed E-state index contributed by atoms with van der Waals surface area (Å²) in [7, 11) is 0. The second-order valence-corrected chi connectivity index (χ2v) is 10.8. The minimum absolute atomic E-state index is 0.239. The molecule has 9 heteroatoms. The van der Waals surface area contributed by atoms with Crippen LogP contribution < -0.4 is 0 Å². The Kier molecular flexibility index (Phi) is 10.9. The van der Waals surface area contributed by atoms with Gasteiger partial charge in [0.15, 0.2) is 11.6 Å². The molecule has 2 aliphatic rings. The zero-order valence-corrected chi connectivity index (χ0v) is 23.2. The Morgan fingerprint density at radius 1 is 1.05 bits per heavy atom. The van der Waals surface area contributed by atoms with Crippen LogP contribution in [0.25, 0.3) is 0 Å². The number of nitrogens with zero attached hydrogens (tertiary/aromatic N) is 1. The molecule has 37 heavy (non-hydrogen) atoms. The van der Waals surface area contributed by atoms with Gasteiger partial charge in [-0.05, 0) is 47.3 Å². The van der Waals surface area contributed by atoms with Gasteiger partial charge in [0.2, 0.25) is 5.91 Å². The van der Waals surface area contributed by atoms with Gasteiger partial charge in [-0.1, -0.05) is 75.8 Å². The number of imide groups is 1. The molecule has 3 rings (SSSR count). The molecule has 0 radical (unpaired) electrons. The van der Waals surface area contributed by atoms with E-state index in [2.05, 4.69) is 15.9 Å². The zero-order valence-electron chi connectivity index (χ0n) is 21.6. The molecule has 0 saturated carbocycles. The number of aliphatic hydroxyl groups excluding tert-OH is 1. The van der Waals surface area contributed by atoms with E-state index in [1.807, 2.05) is 30.3 Å². The number of halogens is 1. The minimum atomic E-state index is -1.71. The summed E-state index contributed by atoms with van der Waals surface area (Å²) >= 11 is 3.28. The van der Waals surface area contributed by atoms with Gasteiger partial charge >= 0.3 is 6.09 Å². The van der Waals surface area contributed by atoms with Gasteiger partial charge in [0.25, 0.3) is 0 Å². The number of rotatable bonds is 13. The number of ketones is 1. The third-order valence-corrected chi connectivity index (χ3v) is 8.00. The summed E-state index contributed by atoms with van der Waals surface area (Å²) < 4.78 is 11.6. The summed E-state index contributed by atoms with van der Waals surface area (Å²) in [5.74, 6) is -3.73.